The van der Waals surface area contributed by atoms with Gasteiger partial charge in [-0.05, 0) is 63.3 Å². The molecule has 0 aliphatic carbocycles. The number of hydrogen-bond acceptors (Lipinski definition) is 3. The third kappa shape index (κ3) is 3.61. The van der Waals surface area contributed by atoms with Gasteiger partial charge in [0.1, 0.15) is 0 Å². The quantitative estimate of drug-likeness (QED) is 0.882. The minimum Gasteiger partial charge on any atom is -0.391 e. The summed E-state index contributed by atoms with van der Waals surface area (Å²) < 4.78 is 0. The van der Waals surface area contributed by atoms with Crippen LogP contribution in [-0.2, 0) is 0 Å². The van der Waals surface area contributed by atoms with Crippen molar-refractivity contribution in [2.45, 2.75) is 51.7 Å². The average Bonchev–Trinajstić information content (AvgIpc) is 2.96. The Morgan fingerprint density at radius 1 is 1.26 bits per heavy atom. The van der Waals surface area contributed by atoms with Crippen LogP contribution in [0.1, 0.15) is 38.2 Å². The number of urea groups is 1. The van der Waals surface area contributed by atoms with Crippen LogP contribution in [0.25, 0.3) is 0 Å². The molecule has 2 aliphatic heterocycles. The zero-order chi connectivity index (χ0) is 16.4. The Balaban J connectivity index is 1.68. The molecule has 1 unspecified atom stereocenters. The molecule has 1 aromatic carbocycles. The highest BCUT2D eigenvalue weighted by Gasteiger charge is 2.25. The fourth-order valence-electron chi connectivity index (χ4n) is 3.57. The molecule has 0 spiro atoms. The van der Waals surface area contributed by atoms with E-state index in [0.717, 1.165) is 17.8 Å². The van der Waals surface area contributed by atoms with Crippen molar-refractivity contribution in [2.75, 3.05) is 29.9 Å². The molecule has 5 heteroatoms. The molecule has 0 saturated carbocycles. The van der Waals surface area contributed by atoms with E-state index in [2.05, 4.69) is 29.3 Å². The van der Waals surface area contributed by atoms with E-state index in [1.54, 1.807) is 4.90 Å². The smallest absolute Gasteiger partial charge is 0.321 e. The molecular formula is C18H27N3O2. The minimum atomic E-state index is -0.384. The number of benzene rings is 1. The Morgan fingerprint density at radius 2 is 2.09 bits per heavy atom. The Morgan fingerprint density at radius 3 is 2.74 bits per heavy atom. The molecule has 2 aliphatic rings. The van der Waals surface area contributed by atoms with E-state index >= 15 is 0 Å². The first kappa shape index (κ1) is 16.1. The van der Waals surface area contributed by atoms with Gasteiger partial charge in [0.25, 0.3) is 0 Å². The molecule has 1 aromatic rings. The van der Waals surface area contributed by atoms with Crippen LogP contribution in [0.15, 0.2) is 18.2 Å². The molecule has 2 N–H and O–H groups in total. The second-order valence-corrected chi connectivity index (χ2v) is 6.86. The predicted molar refractivity (Wildman–Crippen MR) is 93.1 cm³/mol. The van der Waals surface area contributed by atoms with Gasteiger partial charge in [0.15, 0.2) is 0 Å². The van der Waals surface area contributed by atoms with Crippen LogP contribution in [0.4, 0.5) is 16.2 Å². The largest absolute Gasteiger partial charge is 0.391 e. The number of carbonyl (C=O) groups is 1. The second-order valence-electron chi connectivity index (χ2n) is 6.86. The molecular weight excluding hydrogens is 290 g/mol. The number of aliphatic hydroxyl groups is 1. The van der Waals surface area contributed by atoms with Crippen LogP contribution in [-0.4, -0.2) is 47.8 Å². The number of anilines is 2. The Bertz CT molecular complexity index is 575. The van der Waals surface area contributed by atoms with Gasteiger partial charge in [0.05, 0.1) is 6.10 Å². The second kappa shape index (κ2) is 6.79. The topological polar surface area (TPSA) is 55.8 Å². The number of piperidine rings is 1. The van der Waals surface area contributed by atoms with E-state index in [1.165, 1.54) is 24.9 Å². The number of hydrogen-bond donors (Lipinski definition) is 2. The predicted octanol–water partition coefficient (Wildman–Crippen LogP) is 2.97. The van der Waals surface area contributed by atoms with Crippen LogP contribution < -0.4 is 10.2 Å². The lowest BCUT2D eigenvalue weighted by atomic mass is 10.0. The molecule has 0 radical (unpaired) electrons. The number of likely N-dealkylation sites (tertiary alicyclic amines) is 1. The van der Waals surface area contributed by atoms with Crippen molar-refractivity contribution in [2.24, 2.45) is 0 Å². The Hall–Kier alpha value is -1.75. The van der Waals surface area contributed by atoms with Gasteiger partial charge in [-0.2, -0.15) is 0 Å². The molecule has 0 bridgehead atoms. The first-order valence-corrected chi connectivity index (χ1v) is 8.66. The van der Waals surface area contributed by atoms with Crippen molar-refractivity contribution >= 4 is 17.4 Å². The zero-order valence-electron chi connectivity index (χ0n) is 14.1. The molecule has 2 amide bonds. The number of amides is 2. The maximum absolute atomic E-state index is 12.2. The third-order valence-electron chi connectivity index (χ3n) is 5.04. The molecule has 3 rings (SSSR count). The van der Waals surface area contributed by atoms with Crippen molar-refractivity contribution in [1.29, 1.82) is 0 Å². The van der Waals surface area contributed by atoms with Crippen molar-refractivity contribution in [3.63, 3.8) is 0 Å². The maximum atomic E-state index is 12.2. The van der Waals surface area contributed by atoms with Crippen molar-refractivity contribution in [3.8, 4) is 0 Å². The summed E-state index contributed by atoms with van der Waals surface area (Å²) in [6.45, 7) is 6.47. The van der Waals surface area contributed by atoms with Gasteiger partial charge in [-0.1, -0.05) is 0 Å². The fourth-order valence-corrected chi connectivity index (χ4v) is 3.57. The number of β-amino-alcohol motifs (C(OH)–C–C–N with tert-alkyl or cyclic N) is 1. The average molecular weight is 317 g/mol. The van der Waals surface area contributed by atoms with Gasteiger partial charge in [-0.3, -0.25) is 0 Å². The van der Waals surface area contributed by atoms with Gasteiger partial charge in [-0.15, -0.1) is 0 Å². The van der Waals surface area contributed by atoms with E-state index < -0.39 is 0 Å². The highest BCUT2D eigenvalue weighted by molar-refractivity contribution is 5.90. The normalized spacial score (nSPS) is 24.8. The van der Waals surface area contributed by atoms with E-state index in [0.29, 0.717) is 25.6 Å². The van der Waals surface area contributed by atoms with E-state index in [4.69, 9.17) is 0 Å². The number of nitrogens with zero attached hydrogens (tertiary/aromatic N) is 2. The molecule has 23 heavy (non-hydrogen) atoms. The highest BCUT2D eigenvalue weighted by Crippen LogP contribution is 2.28. The van der Waals surface area contributed by atoms with E-state index in [9.17, 15) is 9.90 Å². The fraction of sp³-hybridized carbons (Fsp3) is 0.611. The summed E-state index contributed by atoms with van der Waals surface area (Å²) in [5.74, 6) is 0. The van der Waals surface area contributed by atoms with Gasteiger partial charge in [0.2, 0.25) is 0 Å². The summed E-state index contributed by atoms with van der Waals surface area (Å²) in [6.07, 6.45) is 4.09. The van der Waals surface area contributed by atoms with Crippen LogP contribution in [0, 0.1) is 6.92 Å². The molecule has 2 atom stereocenters. The summed E-state index contributed by atoms with van der Waals surface area (Å²) in [5.41, 5.74) is 3.17. The molecule has 5 nitrogen and oxygen atoms in total. The monoisotopic (exact) mass is 317 g/mol. The Labute approximate surface area is 138 Å². The summed E-state index contributed by atoms with van der Waals surface area (Å²) in [4.78, 5) is 16.4. The molecule has 2 heterocycles. The first-order valence-electron chi connectivity index (χ1n) is 8.66. The van der Waals surface area contributed by atoms with Crippen molar-refractivity contribution in [1.82, 2.24) is 4.90 Å². The van der Waals surface area contributed by atoms with Gasteiger partial charge in [0, 0.05) is 37.1 Å². The van der Waals surface area contributed by atoms with E-state index in [1.807, 2.05) is 13.0 Å². The minimum absolute atomic E-state index is 0.122. The summed E-state index contributed by atoms with van der Waals surface area (Å²) in [5, 5.41) is 12.5. The van der Waals surface area contributed by atoms with Crippen LogP contribution in [0.3, 0.4) is 0 Å². The lowest BCUT2D eigenvalue weighted by Crippen LogP contribution is -2.37. The number of rotatable bonds is 2. The molecule has 126 valence electrons. The summed E-state index contributed by atoms with van der Waals surface area (Å²) in [7, 11) is 0. The maximum Gasteiger partial charge on any atom is 0.321 e. The SMILES string of the molecule is Cc1cc(N2CCCCC2C)ccc1NC(=O)N1CC[C@@H](O)C1. The number of aryl methyl sites for hydroxylation is 1. The highest BCUT2D eigenvalue weighted by atomic mass is 16.3. The summed E-state index contributed by atoms with van der Waals surface area (Å²) >= 11 is 0. The number of nitrogens with one attached hydrogen (secondary N) is 1. The standard InChI is InChI=1S/C18H27N3O2/c1-13-11-15(21-9-4-3-5-14(21)2)6-7-17(13)19-18(23)20-10-8-16(22)12-20/h6-7,11,14,16,22H,3-5,8-10,12H2,1-2H3,(H,19,23)/t14?,16-/m1/s1. The molecule has 0 aromatic heterocycles. The number of aliphatic hydroxyl groups excluding tert-OH is 1. The lowest BCUT2D eigenvalue weighted by molar-refractivity contribution is 0.176. The Kier molecular flexibility index (Phi) is 4.76. The van der Waals surface area contributed by atoms with Gasteiger partial charge in [-0.25, -0.2) is 4.79 Å². The molecule has 2 saturated heterocycles. The first-order chi connectivity index (χ1) is 11.0. The lowest BCUT2D eigenvalue weighted by Gasteiger charge is -2.35. The zero-order valence-corrected chi connectivity index (χ0v) is 14.1. The van der Waals surface area contributed by atoms with E-state index in [-0.39, 0.29) is 12.1 Å². The number of carbonyl (C=O) groups excluding carboxylic acids is 1. The third-order valence-corrected chi connectivity index (χ3v) is 5.04. The van der Waals surface area contributed by atoms with Crippen LogP contribution in [0.2, 0.25) is 0 Å². The molecule has 2 fully saturated rings. The van der Waals surface area contributed by atoms with Crippen LogP contribution >= 0.6 is 0 Å². The summed E-state index contributed by atoms with van der Waals surface area (Å²) in [6, 6.07) is 6.72. The van der Waals surface area contributed by atoms with Gasteiger partial charge < -0.3 is 20.2 Å². The van der Waals surface area contributed by atoms with Gasteiger partial charge >= 0.3 is 6.03 Å². The van der Waals surface area contributed by atoms with Crippen molar-refractivity contribution in [3.05, 3.63) is 23.8 Å². The van der Waals surface area contributed by atoms with Crippen LogP contribution in [0.5, 0.6) is 0 Å². The van der Waals surface area contributed by atoms with Crippen molar-refractivity contribution < 1.29 is 9.90 Å².